The highest BCUT2D eigenvalue weighted by molar-refractivity contribution is 5.84. The predicted molar refractivity (Wildman–Crippen MR) is 92.4 cm³/mol. The van der Waals surface area contributed by atoms with E-state index in [1.807, 2.05) is 11.0 Å². The van der Waals surface area contributed by atoms with Crippen LogP contribution in [0, 0.1) is 5.82 Å². The fraction of sp³-hybridized carbons (Fsp3) is 0.471. The highest BCUT2D eigenvalue weighted by Crippen LogP contribution is 2.24. The summed E-state index contributed by atoms with van der Waals surface area (Å²) in [5.41, 5.74) is 1.22. The van der Waals surface area contributed by atoms with Crippen molar-refractivity contribution in [2.24, 2.45) is 0 Å². The van der Waals surface area contributed by atoms with Gasteiger partial charge in [0, 0.05) is 38.9 Å². The van der Waals surface area contributed by atoms with Gasteiger partial charge in [0.1, 0.15) is 11.9 Å². The van der Waals surface area contributed by atoms with Crippen LogP contribution in [0.1, 0.15) is 12.8 Å². The lowest BCUT2D eigenvalue weighted by atomic mass is 10.1. The van der Waals surface area contributed by atoms with E-state index >= 15 is 0 Å². The third-order valence-corrected chi connectivity index (χ3v) is 3.97. The summed E-state index contributed by atoms with van der Waals surface area (Å²) in [4.78, 5) is 13.9. The van der Waals surface area contributed by atoms with Crippen LogP contribution in [0.2, 0.25) is 0 Å². The normalized spacial score (nSPS) is 15.8. The molecule has 1 aromatic carbocycles. The van der Waals surface area contributed by atoms with Gasteiger partial charge in [-0.25, -0.2) is 4.39 Å². The van der Waals surface area contributed by atoms with Crippen LogP contribution in [0.25, 0.3) is 0 Å². The van der Waals surface area contributed by atoms with Crippen molar-refractivity contribution in [3.8, 4) is 0 Å². The largest absolute Gasteiger partial charge is 0.374 e. The van der Waals surface area contributed by atoms with Crippen molar-refractivity contribution < 1.29 is 9.18 Å². The molecule has 0 saturated carbocycles. The SMILES string of the molecule is C=CCCC(Nc1ccc(N2CCNCC2)c(F)c1)C(=O)NC. The number of halogens is 1. The van der Waals surface area contributed by atoms with E-state index in [0.29, 0.717) is 24.2 Å². The number of carbonyl (C=O) groups excluding carboxylic acids is 1. The van der Waals surface area contributed by atoms with Crippen LogP contribution in [-0.4, -0.2) is 45.2 Å². The van der Waals surface area contributed by atoms with Crippen LogP contribution in [0.3, 0.4) is 0 Å². The van der Waals surface area contributed by atoms with Crippen LogP contribution in [-0.2, 0) is 4.79 Å². The summed E-state index contributed by atoms with van der Waals surface area (Å²) >= 11 is 0. The number of carbonyl (C=O) groups is 1. The van der Waals surface area contributed by atoms with Crippen LogP contribution in [0.5, 0.6) is 0 Å². The van der Waals surface area contributed by atoms with Gasteiger partial charge in [-0.2, -0.15) is 0 Å². The van der Waals surface area contributed by atoms with Gasteiger partial charge < -0.3 is 20.9 Å². The molecule has 1 atom stereocenters. The molecule has 1 aromatic rings. The molecule has 1 saturated heterocycles. The maximum absolute atomic E-state index is 14.4. The van der Waals surface area contributed by atoms with Crippen LogP contribution < -0.4 is 20.9 Å². The maximum atomic E-state index is 14.4. The molecule has 3 N–H and O–H groups in total. The second-order valence-electron chi connectivity index (χ2n) is 5.58. The molecule has 6 heteroatoms. The Balaban J connectivity index is 2.08. The van der Waals surface area contributed by atoms with Gasteiger partial charge in [0.2, 0.25) is 5.91 Å². The number of nitrogens with zero attached hydrogens (tertiary/aromatic N) is 1. The molecule has 1 aliphatic rings. The Morgan fingerprint density at radius 2 is 2.22 bits per heavy atom. The van der Waals surface area contributed by atoms with Gasteiger partial charge in [-0.05, 0) is 31.0 Å². The van der Waals surface area contributed by atoms with Crippen molar-refractivity contribution in [2.45, 2.75) is 18.9 Å². The first kappa shape index (κ1) is 17.3. The van der Waals surface area contributed by atoms with Gasteiger partial charge in [-0.15, -0.1) is 6.58 Å². The Bertz CT molecular complexity index is 543. The van der Waals surface area contributed by atoms with Gasteiger partial charge >= 0.3 is 0 Å². The van der Waals surface area contributed by atoms with Crippen LogP contribution >= 0.6 is 0 Å². The highest BCUT2D eigenvalue weighted by atomic mass is 19.1. The average molecular weight is 320 g/mol. The molecule has 1 unspecified atom stereocenters. The van der Waals surface area contributed by atoms with E-state index in [9.17, 15) is 9.18 Å². The molecule has 1 fully saturated rings. The van der Waals surface area contributed by atoms with Crippen molar-refractivity contribution in [3.63, 3.8) is 0 Å². The van der Waals surface area contributed by atoms with E-state index in [1.54, 1.807) is 19.2 Å². The minimum atomic E-state index is -0.401. The maximum Gasteiger partial charge on any atom is 0.242 e. The third-order valence-electron chi connectivity index (χ3n) is 3.97. The zero-order valence-electron chi connectivity index (χ0n) is 13.6. The van der Waals surface area contributed by atoms with Crippen LogP contribution in [0.4, 0.5) is 15.8 Å². The first-order valence-electron chi connectivity index (χ1n) is 8.00. The minimum Gasteiger partial charge on any atom is -0.374 e. The van der Waals surface area contributed by atoms with E-state index in [1.165, 1.54) is 6.07 Å². The lowest BCUT2D eigenvalue weighted by Gasteiger charge is -2.30. The molecule has 0 radical (unpaired) electrons. The summed E-state index contributed by atoms with van der Waals surface area (Å²) in [6.45, 7) is 6.98. The first-order chi connectivity index (χ1) is 11.2. The fourth-order valence-corrected chi connectivity index (χ4v) is 2.69. The second kappa shape index (κ2) is 8.53. The van der Waals surface area contributed by atoms with Gasteiger partial charge in [-0.1, -0.05) is 6.08 Å². The molecule has 0 aromatic heterocycles. The second-order valence-corrected chi connectivity index (χ2v) is 5.58. The quantitative estimate of drug-likeness (QED) is 0.670. The molecule has 0 bridgehead atoms. The van der Waals surface area contributed by atoms with Crippen molar-refractivity contribution in [1.29, 1.82) is 0 Å². The predicted octanol–water partition coefficient (Wildman–Crippen LogP) is 1.73. The van der Waals surface area contributed by atoms with Crippen molar-refractivity contribution in [3.05, 3.63) is 36.7 Å². The standard InChI is InChI=1S/C17H25FN4O/c1-3-4-5-15(17(23)19-2)21-13-6-7-16(14(18)12-13)22-10-8-20-9-11-22/h3,6-7,12,15,20-21H,1,4-5,8-11H2,2H3,(H,19,23). The topological polar surface area (TPSA) is 56.4 Å². The highest BCUT2D eigenvalue weighted by Gasteiger charge is 2.18. The molecule has 0 aliphatic carbocycles. The fourth-order valence-electron chi connectivity index (χ4n) is 2.69. The number of rotatable bonds is 7. The van der Waals surface area contributed by atoms with Gasteiger partial charge in [0.25, 0.3) is 0 Å². The van der Waals surface area contributed by atoms with E-state index in [-0.39, 0.29) is 11.7 Å². The summed E-state index contributed by atoms with van der Waals surface area (Å²) in [7, 11) is 1.60. The third kappa shape index (κ3) is 4.69. The molecule has 126 valence electrons. The number of hydrogen-bond acceptors (Lipinski definition) is 4. The zero-order valence-corrected chi connectivity index (χ0v) is 13.6. The molecular weight excluding hydrogens is 295 g/mol. The van der Waals surface area contributed by atoms with E-state index in [4.69, 9.17) is 0 Å². The Morgan fingerprint density at radius 1 is 1.48 bits per heavy atom. The summed E-state index contributed by atoms with van der Waals surface area (Å²) in [6, 6.07) is 4.66. The van der Waals surface area contributed by atoms with Gasteiger partial charge in [0.05, 0.1) is 5.69 Å². The minimum absolute atomic E-state index is 0.113. The number of nitrogens with one attached hydrogen (secondary N) is 3. The summed E-state index contributed by atoms with van der Waals surface area (Å²) in [5.74, 6) is -0.380. The van der Waals surface area contributed by atoms with Crippen molar-refractivity contribution in [1.82, 2.24) is 10.6 Å². The molecule has 5 nitrogen and oxygen atoms in total. The Morgan fingerprint density at radius 3 is 2.83 bits per heavy atom. The molecule has 0 spiro atoms. The number of likely N-dealkylation sites (N-methyl/N-ethyl adjacent to an activating group) is 1. The zero-order chi connectivity index (χ0) is 16.7. The summed E-state index contributed by atoms with van der Waals surface area (Å²) in [6.07, 6.45) is 3.10. The lowest BCUT2D eigenvalue weighted by Crippen LogP contribution is -2.43. The van der Waals surface area contributed by atoms with Crippen molar-refractivity contribution >= 4 is 17.3 Å². The number of piperazine rings is 1. The average Bonchev–Trinajstić information content (AvgIpc) is 2.58. The van der Waals surface area contributed by atoms with E-state index < -0.39 is 6.04 Å². The van der Waals surface area contributed by atoms with Crippen molar-refractivity contribution in [2.75, 3.05) is 43.4 Å². The molecule has 1 aliphatic heterocycles. The molecule has 1 amide bonds. The molecule has 1 heterocycles. The number of amides is 1. The smallest absolute Gasteiger partial charge is 0.242 e. The molecule has 23 heavy (non-hydrogen) atoms. The van der Waals surface area contributed by atoms with E-state index in [0.717, 1.165) is 26.2 Å². The van der Waals surface area contributed by atoms with Crippen LogP contribution in [0.15, 0.2) is 30.9 Å². The summed E-state index contributed by atoms with van der Waals surface area (Å²) in [5, 5.41) is 8.98. The van der Waals surface area contributed by atoms with Gasteiger partial charge in [0.15, 0.2) is 0 Å². The summed E-state index contributed by atoms with van der Waals surface area (Å²) < 4.78 is 14.4. The Labute approximate surface area is 136 Å². The monoisotopic (exact) mass is 320 g/mol. The van der Waals surface area contributed by atoms with E-state index in [2.05, 4.69) is 22.5 Å². The number of anilines is 2. The number of allylic oxidation sites excluding steroid dienone is 1. The number of hydrogen-bond donors (Lipinski definition) is 3. The Kier molecular flexibility index (Phi) is 6.40. The lowest BCUT2D eigenvalue weighted by molar-refractivity contribution is -0.121. The molecule has 2 rings (SSSR count). The molecular formula is C17H25FN4O. The first-order valence-corrected chi connectivity index (χ1v) is 8.00. The Hall–Kier alpha value is -2.08. The number of benzene rings is 1. The van der Waals surface area contributed by atoms with Gasteiger partial charge in [-0.3, -0.25) is 4.79 Å².